The Morgan fingerprint density at radius 2 is 1.63 bits per heavy atom. The van der Waals surface area contributed by atoms with Crippen LogP contribution in [0.2, 0.25) is 0 Å². The average Bonchev–Trinajstić information content (AvgIpc) is 2.49. The van der Waals surface area contributed by atoms with E-state index in [2.05, 4.69) is 71.9 Å². The van der Waals surface area contributed by atoms with E-state index in [0.717, 1.165) is 6.54 Å². The standard InChI is InChI=1S/C18H16N/c1-2-16-12-13-19(14-15-8-4-3-5-9-15)18-11-7-6-10-17(16)18/h2-13H,1,14H2/q+1. The van der Waals surface area contributed by atoms with Gasteiger partial charge in [0.05, 0.1) is 5.39 Å². The molecule has 19 heavy (non-hydrogen) atoms. The van der Waals surface area contributed by atoms with Crippen LogP contribution >= 0.6 is 0 Å². The summed E-state index contributed by atoms with van der Waals surface area (Å²) in [7, 11) is 0. The Kier molecular flexibility index (Phi) is 3.11. The Labute approximate surface area is 113 Å². The lowest BCUT2D eigenvalue weighted by molar-refractivity contribution is -0.662. The molecular weight excluding hydrogens is 230 g/mol. The van der Waals surface area contributed by atoms with Crippen molar-refractivity contribution < 1.29 is 4.57 Å². The summed E-state index contributed by atoms with van der Waals surface area (Å²) in [6.45, 7) is 4.77. The second kappa shape index (κ2) is 5.07. The van der Waals surface area contributed by atoms with Gasteiger partial charge in [0.1, 0.15) is 0 Å². The maximum Gasteiger partial charge on any atom is 0.213 e. The first-order valence-corrected chi connectivity index (χ1v) is 6.46. The summed E-state index contributed by atoms with van der Waals surface area (Å²) in [4.78, 5) is 0. The van der Waals surface area contributed by atoms with Crippen molar-refractivity contribution in [1.82, 2.24) is 0 Å². The quantitative estimate of drug-likeness (QED) is 0.619. The zero-order valence-electron chi connectivity index (χ0n) is 10.8. The lowest BCUT2D eigenvalue weighted by Crippen LogP contribution is -2.34. The maximum absolute atomic E-state index is 3.89. The fraction of sp³-hybridized carbons (Fsp3) is 0.0556. The second-order valence-corrected chi connectivity index (χ2v) is 4.61. The number of benzene rings is 2. The Balaban J connectivity index is 2.12. The molecule has 0 atom stereocenters. The number of rotatable bonds is 3. The number of hydrogen-bond donors (Lipinski definition) is 0. The predicted octanol–water partition coefficient (Wildman–Crippen LogP) is 3.82. The molecule has 0 aliphatic rings. The molecule has 0 bridgehead atoms. The van der Waals surface area contributed by atoms with Crippen molar-refractivity contribution in [2.45, 2.75) is 6.54 Å². The van der Waals surface area contributed by atoms with E-state index in [9.17, 15) is 0 Å². The third-order valence-corrected chi connectivity index (χ3v) is 3.37. The molecule has 3 rings (SSSR count). The minimum absolute atomic E-state index is 0.888. The van der Waals surface area contributed by atoms with Gasteiger partial charge in [0.2, 0.25) is 5.52 Å². The molecule has 0 aliphatic carbocycles. The van der Waals surface area contributed by atoms with Crippen LogP contribution < -0.4 is 4.57 Å². The lowest BCUT2D eigenvalue weighted by atomic mass is 10.1. The van der Waals surface area contributed by atoms with Crippen LogP contribution in [0.3, 0.4) is 0 Å². The fourth-order valence-corrected chi connectivity index (χ4v) is 2.40. The third-order valence-electron chi connectivity index (χ3n) is 3.37. The van der Waals surface area contributed by atoms with E-state index >= 15 is 0 Å². The molecular formula is C18H16N+. The summed E-state index contributed by atoms with van der Waals surface area (Å²) in [5.41, 5.74) is 3.73. The fourth-order valence-electron chi connectivity index (χ4n) is 2.40. The molecule has 3 aromatic rings. The predicted molar refractivity (Wildman–Crippen MR) is 79.8 cm³/mol. The second-order valence-electron chi connectivity index (χ2n) is 4.61. The highest BCUT2D eigenvalue weighted by molar-refractivity contribution is 5.85. The largest absolute Gasteiger partial charge is 0.213 e. The zero-order chi connectivity index (χ0) is 13.1. The van der Waals surface area contributed by atoms with Crippen molar-refractivity contribution in [3.8, 4) is 0 Å². The maximum atomic E-state index is 3.89. The monoisotopic (exact) mass is 246 g/mol. The average molecular weight is 246 g/mol. The third kappa shape index (κ3) is 2.27. The number of para-hydroxylation sites is 1. The molecule has 0 amide bonds. The molecule has 1 heteroatoms. The first-order chi connectivity index (χ1) is 9.38. The normalized spacial score (nSPS) is 10.5. The number of fused-ring (bicyclic) bond motifs is 1. The van der Waals surface area contributed by atoms with Crippen molar-refractivity contribution in [3.05, 3.63) is 84.6 Å². The summed E-state index contributed by atoms with van der Waals surface area (Å²) in [5, 5.41) is 1.25. The van der Waals surface area contributed by atoms with Gasteiger partial charge in [0.15, 0.2) is 12.7 Å². The minimum atomic E-state index is 0.888. The molecule has 0 unspecified atom stereocenters. The number of nitrogens with zero attached hydrogens (tertiary/aromatic N) is 1. The van der Waals surface area contributed by atoms with Crippen LogP contribution in [-0.4, -0.2) is 0 Å². The molecule has 0 radical (unpaired) electrons. The van der Waals surface area contributed by atoms with E-state index < -0.39 is 0 Å². The van der Waals surface area contributed by atoms with Crippen molar-refractivity contribution >= 4 is 17.0 Å². The topological polar surface area (TPSA) is 3.88 Å². The van der Waals surface area contributed by atoms with Gasteiger partial charge in [-0.15, -0.1) is 0 Å². The van der Waals surface area contributed by atoms with Gasteiger partial charge in [-0.1, -0.05) is 55.1 Å². The Morgan fingerprint density at radius 3 is 2.42 bits per heavy atom. The SMILES string of the molecule is C=Cc1cc[n+](Cc2ccccc2)c2ccccc12. The van der Waals surface area contributed by atoms with Crippen molar-refractivity contribution in [3.63, 3.8) is 0 Å². The summed E-state index contributed by atoms with van der Waals surface area (Å²) in [6.07, 6.45) is 4.04. The Bertz CT molecular complexity index is 714. The van der Waals surface area contributed by atoms with Crippen molar-refractivity contribution in [2.75, 3.05) is 0 Å². The van der Waals surface area contributed by atoms with E-state index in [1.54, 1.807) is 0 Å². The van der Waals surface area contributed by atoms with Crippen molar-refractivity contribution in [1.29, 1.82) is 0 Å². The molecule has 1 heterocycles. The van der Waals surface area contributed by atoms with E-state index in [0.29, 0.717) is 0 Å². The summed E-state index contributed by atoms with van der Waals surface area (Å²) in [6, 6.07) is 21.1. The molecule has 0 spiro atoms. The smallest absolute Gasteiger partial charge is 0.194 e. The van der Waals surface area contributed by atoms with Gasteiger partial charge >= 0.3 is 0 Å². The van der Waals surface area contributed by atoms with Gasteiger partial charge in [-0.25, -0.2) is 0 Å². The van der Waals surface area contributed by atoms with E-state index in [1.165, 1.54) is 22.0 Å². The Hall–Kier alpha value is -2.41. The molecule has 2 aromatic carbocycles. The minimum Gasteiger partial charge on any atom is -0.194 e. The van der Waals surface area contributed by atoms with Crippen LogP contribution in [0.5, 0.6) is 0 Å². The van der Waals surface area contributed by atoms with Crippen LogP contribution in [0.1, 0.15) is 11.1 Å². The molecule has 0 fully saturated rings. The van der Waals surface area contributed by atoms with Gasteiger partial charge in [0, 0.05) is 17.7 Å². The van der Waals surface area contributed by atoms with Crippen LogP contribution in [0, 0.1) is 0 Å². The summed E-state index contributed by atoms with van der Waals surface area (Å²) in [5.74, 6) is 0. The highest BCUT2D eigenvalue weighted by Gasteiger charge is 2.10. The van der Waals surface area contributed by atoms with Crippen LogP contribution in [0.4, 0.5) is 0 Å². The number of hydrogen-bond acceptors (Lipinski definition) is 0. The van der Waals surface area contributed by atoms with Crippen molar-refractivity contribution in [2.24, 2.45) is 0 Å². The summed E-state index contributed by atoms with van der Waals surface area (Å²) >= 11 is 0. The number of pyridine rings is 1. The molecule has 0 saturated carbocycles. The molecule has 0 N–H and O–H groups in total. The van der Waals surface area contributed by atoms with E-state index in [1.807, 2.05) is 12.1 Å². The first kappa shape index (κ1) is 11.7. The highest BCUT2D eigenvalue weighted by Crippen LogP contribution is 2.16. The first-order valence-electron chi connectivity index (χ1n) is 6.46. The molecule has 1 nitrogen and oxygen atoms in total. The van der Waals surface area contributed by atoms with E-state index in [4.69, 9.17) is 0 Å². The molecule has 0 saturated heterocycles. The molecule has 0 aliphatic heterocycles. The van der Waals surface area contributed by atoms with Gasteiger partial charge < -0.3 is 0 Å². The highest BCUT2D eigenvalue weighted by atomic mass is 14.9. The molecule has 1 aromatic heterocycles. The van der Waals surface area contributed by atoms with E-state index in [-0.39, 0.29) is 0 Å². The van der Waals surface area contributed by atoms with Crippen LogP contribution in [0.15, 0.2) is 73.4 Å². The van der Waals surface area contributed by atoms with Crippen LogP contribution in [0.25, 0.3) is 17.0 Å². The summed E-state index contributed by atoms with van der Waals surface area (Å²) < 4.78 is 2.28. The lowest BCUT2D eigenvalue weighted by Gasteiger charge is -2.04. The van der Waals surface area contributed by atoms with Gasteiger partial charge in [-0.2, -0.15) is 4.57 Å². The number of aromatic nitrogens is 1. The Morgan fingerprint density at radius 1 is 0.895 bits per heavy atom. The van der Waals surface area contributed by atoms with Gasteiger partial charge in [-0.3, -0.25) is 0 Å². The zero-order valence-corrected chi connectivity index (χ0v) is 10.8. The van der Waals surface area contributed by atoms with Crippen LogP contribution in [-0.2, 0) is 6.54 Å². The van der Waals surface area contributed by atoms with Gasteiger partial charge in [0.25, 0.3) is 0 Å². The van der Waals surface area contributed by atoms with Gasteiger partial charge in [-0.05, 0) is 11.6 Å². The molecule has 92 valence electrons.